The normalized spacial score (nSPS) is 26.3. The summed E-state index contributed by atoms with van der Waals surface area (Å²) in [5.74, 6) is 1.01. The Kier molecular flexibility index (Phi) is 3.34. The fraction of sp³-hybridized carbons (Fsp3) is 0.833. The summed E-state index contributed by atoms with van der Waals surface area (Å²) in [7, 11) is -3.19. The van der Waals surface area contributed by atoms with Crippen LogP contribution in [0, 0.1) is 6.92 Å². The van der Waals surface area contributed by atoms with Crippen LogP contribution in [0.1, 0.15) is 56.3 Å². The molecule has 106 valence electrons. The number of hydrogen-bond donors (Lipinski definition) is 0. The Balaban J connectivity index is 1.93. The Hall–Kier alpha value is -0.950. The maximum absolute atomic E-state index is 12.5. The zero-order chi connectivity index (χ0) is 13.5. The Morgan fingerprint density at radius 1 is 1.21 bits per heavy atom. The van der Waals surface area contributed by atoms with Crippen LogP contribution in [0.15, 0.2) is 4.52 Å². The number of sulfonamides is 1. The molecule has 0 spiro atoms. The van der Waals surface area contributed by atoms with Crippen LogP contribution in [0.4, 0.5) is 0 Å². The minimum absolute atomic E-state index is 0.180. The Labute approximate surface area is 113 Å². The van der Waals surface area contributed by atoms with E-state index in [-0.39, 0.29) is 11.3 Å². The molecule has 0 N–H and O–H groups in total. The number of hydrogen-bond acceptors (Lipinski definition) is 5. The molecule has 1 aliphatic heterocycles. The Morgan fingerprint density at radius 2 is 2.00 bits per heavy atom. The SMILES string of the molecule is Cc1nc([C@@H]2CCCCCN2S(=O)(=O)C2CC2)no1. The lowest BCUT2D eigenvalue weighted by Crippen LogP contribution is -2.37. The second-order valence-electron chi connectivity index (χ2n) is 5.39. The van der Waals surface area contributed by atoms with E-state index in [9.17, 15) is 8.42 Å². The molecule has 1 aromatic rings. The molecule has 2 aliphatic rings. The number of aryl methyl sites for hydroxylation is 1. The highest BCUT2D eigenvalue weighted by molar-refractivity contribution is 7.90. The second kappa shape index (κ2) is 4.86. The van der Waals surface area contributed by atoms with Crippen molar-refractivity contribution in [1.82, 2.24) is 14.4 Å². The van der Waals surface area contributed by atoms with Crippen LogP contribution in [0.5, 0.6) is 0 Å². The van der Waals surface area contributed by atoms with Gasteiger partial charge in [0.15, 0.2) is 5.82 Å². The summed E-state index contributed by atoms with van der Waals surface area (Å²) in [6.07, 6.45) is 5.34. The van der Waals surface area contributed by atoms with Gasteiger partial charge in [-0.3, -0.25) is 0 Å². The van der Waals surface area contributed by atoms with Crippen molar-refractivity contribution in [3.05, 3.63) is 11.7 Å². The van der Waals surface area contributed by atoms with Crippen molar-refractivity contribution in [1.29, 1.82) is 0 Å². The van der Waals surface area contributed by atoms with Crippen LogP contribution in [0.25, 0.3) is 0 Å². The zero-order valence-corrected chi connectivity index (χ0v) is 11.9. The highest BCUT2D eigenvalue weighted by Crippen LogP contribution is 2.38. The van der Waals surface area contributed by atoms with E-state index < -0.39 is 10.0 Å². The summed E-state index contributed by atoms with van der Waals surface area (Å²) in [6, 6.07) is -0.245. The molecule has 0 radical (unpaired) electrons. The fourth-order valence-electron chi connectivity index (χ4n) is 2.65. The third kappa shape index (κ3) is 2.53. The van der Waals surface area contributed by atoms with Crippen molar-refractivity contribution in [2.45, 2.75) is 56.7 Å². The van der Waals surface area contributed by atoms with Crippen LogP contribution in [0.3, 0.4) is 0 Å². The molecule has 1 saturated carbocycles. The van der Waals surface area contributed by atoms with Crippen LogP contribution in [-0.2, 0) is 10.0 Å². The van der Waals surface area contributed by atoms with Gasteiger partial charge in [0.25, 0.3) is 0 Å². The molecular formula is C12H19N3O3S. The summed E-state index contributed by atoms with van der Waals surface area (Å²) in [5.41, 5.74) is 0. The van der Waals surface area contributed by atoms with E-state index in [4.69, 9.17) is 4.52 Å². The van der Waals surface area contributed by atoms with Crippen LogP contribution < -0.4 is 0 Å². The van der Waals surface area contributed by atoms with Crippen molar-refractivity contribution >= 4 is 10.0 Å². The first-order valence-corrected chi connectivity index (χ1v) is 8.40. The first-order chi connectivity index (χ1) is 9.09. The van der Waals surface area contributed by atoms with Crippen molar-refractivity contribution in [3.8, 4) is 0 Å². The molecule has 0 unspecified atom stereocenters. The number of rotatable bonds is 3. The lowest BCUT2D eigenvalue weighted by molar-refractivity contribution is 0.302. The maximum atomic E-state index is 12.5. The Morgan fingerprint density at radius 3 is 2.63 bits per heavy atom. The van der Waals surface area contributed by atoms with Gasteiger partial charge in [-0.05, 0) is 25.7 Å². The summed E-state index contributed by atoms with van der Waals surface area (Å²) in [4.78, 5) is 4.24. The summed E-state index contributed by atoms with van der Waals surface area (Å²) in [6.45, 7) is 2.31. The van der Waals surface area contributed by atoms with Crippen molar-refractivity contribution < 1.29 is 12.9 Å². The summed E-state index contributed by atoms with van der Waals surface area (Å²) >= 11 is 0. The fourth-order valence-corrected chi connectivity index (χ4v) is 4.70. The molecule has 1 atom stereocenters. The van der Waals surface area contributed by atoms with Gasteiger partial charge in [0, 0.05) is 13.5 Å². The van der Waals surface area contributed by atoms with Gasteiger partial charge in [0.1, 0.15) is 0 Å². The molecule has 0 bridgehead atoms. The lowest BCUT2D eigenvalue weighted by Gasteiger charge is -2.26. The molecule has 2 fully saturated rings. The monoisotopic (exact) mass is 285 g/mol. The van der Waals surface area contributed by atoms with Crippen molar-refractivity contribution in [2.75, 3.05) is 6.54 Å². The van der Waals surface area contributed by atoms with Gasteiger partial charge in [0.05, 0.1) is 11.3 Å². The molecule has 1 aromatic heterocycles. The van der Waals surface area contributed by atoms with Gasteiger partial charge in [-0.2, -0.15) is 9.29 Å². The van der Waals surface area contributed by atoms with Crippen LogP contribution in [0.2, 0.25) is 0 Å². The number of nitrogens with zero attached hydrogens (tertiary/aromatic N) is 3. The average molecular weight is 285 g/mol. The van der Waals surface area contributed by atoms with Gasteiger partial charge in [-0.1, -0.05) is 18.0 Å². The average Bonchev–Trinajstić information content (AvgIpc) is 3.17. The first kappa shape index (κ1) is 13.1. The molecular weight excluding hydrogens is 266 g/mol. The van der Waals surface area contributed by atoms with Gasteiger partial charge < -0.3 is 4.52 Å². The predicted octanol–water partition coefficient (Wildman–Crippen LogP) is 1.79. The maximum Gasteiger partial charge on any atom is 0.223 e. The Bertz CT molecular complexity index is 550. The van der Waals surface area contributed by atoms with Gasteiger partial charge in [0.2, 0.25) is 15.9 Å². The molecule has 0 aromatic carbocycles. The molecule has 1 aliphatic carbocycles. The van der Waals surface area contributed by atoms with E-state index in [1.807, 2.05) is 0 Å². The molecule has 1 saturated heterocycles. The summed E-state index contributed by atoms with van der Waals surface area (Å²) in [5, 5.41) is 3.75. The van der Waals surface area contributed by atoms with E-state index in [1.54, 1.807) is 11.2 Å². The lowest BCUT2D eigenvalue weighted by atomic mass is 10.1. The zero-order valence-electron chi connectivity index (χ0n) is 11.1. The second-order valence-corrected chi connectivity index (χ2v) is 7.56. The predicted molar refractivity (Wildman–Crippen MR) is 68.9 cm³/mol. The largest absolute Gasteiger partial charge is 0.340 e. The molecule has 7 heteroatoms. The van der Waals surface area contributed by atoms with E-state index in [0.717, 1.165) is 38.5 Å². The van der Waals surface area contributed by atoms with Crippen molar-refractivity contribution in [3.63, 3.8) is 0 Å². The van der Waals surface area contributed by atoms with E-state index in [0.29, 0.717) is 18.3 Å². The molecule has 3 rings (SSSR count). The van der Waals surface area contributed by atoms with Gasteiger partial charge in [-0.15, -0.1) is 0 Å². The third-order valence-corrected chi connectivity index (χ3v) is 6.22. The first-order valence-electron chi connectivity index (χ1n) is 6.90. The quantitative estimate of drug-likeness (QED) is 0.846. The minimum Gasteiger partial charge on any atom is -0.340 e. The minimum atomic E-state index is -3.19. The highest BCUT2D eigenvalue weighted by atomic mass is 32.2. The molecule has 2 heterocycles. The van der Waals surface area contributed by atoms with E-state index in [1.165, 1.54) is 0 Å². The molecule has 6 nitrogen and oxygen atoms in total. The number of aromatic nitrogens is 2. The van der Waals surface area contributed by atoms with Gasteiger partial charge in [-0.25, -0.2) is 8.42 Å². The van der Waals surface area contributed by atoms with Crippen LogP contribution >= 0.6 is 0 Å². The smallest absolute Gasteiger partial charge is 0.223 e. The molecule has 0 amide bonds. The van der Waals surface area contributed by atoms with E-state index >= 15 is 0 Å². The topological polar surface area (TPSA) is 76.3 Å². The van der Waals surface area contributed by atoms with Crippen LogP contribution in [-0.4, -0.2) is 34.7 Å². The summed E-state index contributed by atoms with van der Waals surface area (Å²) < 4.78 is 31.7. The highest BCUT2D eigenvalue weighted by Gasteiger charge is 2.44. The van der Waals surface area contributed by atoms with E-state index in [2.05, 4.69) is 10.1 Å². The molecule has 19 heavy (non-hydrogen) atoms. The standard InChI is InChI=1S/C12H19N3O3S/c1-9-13-12(14-18-9)11-5-3-2-4-8-15(11)19(16,17)10-6-7-10/h10-11H,2-8H2,1H3/t11-/m0/s1. The van der Waals surface area contributed by atoms with Gasteiger partial charge >= 0.3 is 0 Å². The van der Waals surface area contributed by atoms with Crippen molar-refractivity contribution in [2.24, 2.45) is 0 Å². The third-order valence-electron chi connectivity index (χ3n) is 3.82.